The van der Waals surface area contributed by atoms with E-state index in [1.54, 1.807) is 0 Å². The molecule has 2 aromatic carbocycles. The van der Waals surface area contributed by atoms with Crippen molar-refractivity contribution in [3.8, 4) is 0 Å². The molecule has 15 heavy (non-hydrogen) atoms. The van der Waals surface area contributed by atoms with E-state index in [0.29, 0.717) is 0 Å². The number of hydrogen-bond donors (Lipinski definition) is 0. The molecule has 0 aromatic heterocycles. The van der Waals surface area contributed by atoms with E-state index in [2.05, 4.69) is 6.07 Å². The van der Waals surface area contributed by atoms with Crippen LogP contribution in [0.5, 0.6) is 0 Å². The summed E-state index contributed by atoms with van der Waals surface area (Å²) in [5.74, 6) is 0. The Kier molecular flexibility index (Phi) is 1.72. The summed E-state index contributed by atoms with van der Waals surface area (Å²) in [6, 6.07) is 11.8. The van der Waals surface area contributed by atoms with Crippen molar-refractivity contribution >= 4 is 16.8 Å². The van der Waals surface area contributed by atoms with E-state index >= 15 is 0 Å². The lowest BCUT2D eigenvalue weighted by Gasteiger charge is -1.89. The fourth-order valence-electron chi connectivity index (χ4n) is 2.08. The quantitative estimate of drug-likeness (QED) is 0.630. The van der Waals surface area contributed by atoms with Gasteiger partial charge in [-0.05, 0) is 17.4 Å². The van der Waals surface area contributed by atoms with Crippen molar-refractivity contribution in [2.24, 2.45) is 0 Å². The average molecular weight is 194 g/mol. The van der Waals surface area contributed by atoms with Crippen LogP contribution in [0.3, 0.4) is 0 Å². The summed E-state index contributed by atoms with van der Waals surface area (Å²) in [5.41, 5.74) is 2.15. The Hall–Kier alpha value is -1.89. The van der Waals surface area contributed by atoms with Crippen LogP contribution < -0.4 is 5.43 Å². The van der Waals surface area contributed by atoms with Gasteiger partial charge in [0.1, 0.15) is 0 Å². The van der Waals surface area contributed by atoms with E-state index in [1.807, 2.05) is 42.5 Å². The van der Waals surface area contributed by atoms with Crippen molar-refractivity contribution in [2.45, 2.75) is 6.42 Å². The van der Waals surface area contributed by atoms with Crippen molar-refractivity contribution in [2.75, 3.05) is 0 Å². The number of rotatable bonds is 0. The minimum atomic E-state index is 0.152. The van der Waals surface area contributed by atoms with Crippen LogP contribution >= 0.6 is 0 Å². The van der Waals surface area contributed by atoms with Gasteiger partial charge in [-0.3, -0.25) is 4.79 Å². The SMILES string of the molecule is O=c1c2c(ccc3ccccc13)CC=C2. The second kappa shape index (κ2) is 3.06. The summed E-state index contributed by atoms with van der Waals surface area (Å²) in [5, 5.41) is 1.83. The zero-order valence-corrected chi connectivity index (χ0v) is 8.23. The number of allylic oxidation sites excluding steroid dienone is 1. The van der Waals surface area contributed by atoms with Gasteiger partial charge >= 0.3 is 0 Å². The van der Waals surface area contributed by atoms with Crippen molar-refractivity contribution in [1.29, 1.82) is 0 Å². The first-order valence-corrected chi connectivity index (χ1v) is 5.08. The van der Waals surface area contributed by atoms with Gasteiger partial charge in [-0.1, -0.05) is 48.6 Å². The van der Waals surface area contributed by atoms with Gasteiger partial charge in [-0.15, -0.1) is 0 Å². The maximum Gasteiger partial charge on any atom is 0.193 e. The Bertz CT molecular complexity index is 624. The van der Waals surface area contributed by atoms with Crippen molar-refractivity contribution in [3.05, 3.63) is 63.8 Å². The number of benzene rings is 1. The Labute approximate surface area is 87.7 Å². The molecule has 1 aliphatic carbocycles. The van der Waals surface area contributed by atoms with Crippen molar-refractivity contribution in [3.63, 3.8) is 0 Å². The molecule has 0 bridgehead atoms. The molecular formula is C14H10O. The van der Waals surface area contributed by atoms with E-state index < -0.39 is 0 Å². The summed E-state index contributed by atoms with van der Waals surface area (Å²) < 4.78 is 0. The first kappa shape index (κ1) is 8.42. The molecule has 0 fully saturated rings. The monoisotopic (exact) mass is 194 g/mol. The molecule has 0 saturated heterocycles. The number of fused-ring (bicyclic) bond motifs is 2. The molecule has 1 aliphatic rings. The van der Waals surface area contributed by atoms with Crippen LogP contribution in [-0.2, 0) is 6.42 Å². The molecule has 0 saturated carbocycles. The largest absolute Gasteiger partial charge is 0.289 e. The van der Waals surface area contributed by atoms with Crippen LogP contribution in [0.15, 0.2) is 47.3 Å². The maximum absolute atomic E-state index is 12.2. The fraction of sp³-hybridized carbons (Fsp3) is 0.0714. The summed E-state index contributed by atoms with van der Waals surface area (Å²) in [6.07, 6.45) is 4.86. The summed E-state index contributed by atoms with van der Waals surface area (Å²) in [7, 11) is 0. The lowest BCUT2D eigenvalue weighted by atomic mass is 10.1. The first-order chi connectivity index (χ1) is 7.36. The van der Waals surface area contributed by atoms with Gasteiger partial charge in [0.25, 0.3) is 0 Å². The second-order valence-corrected chi connectivity index (χ2v) is 3.80. The Morgan fingerprint density at radius 1 is 1.00 bits per heavy atom. The van der Waals surface area contributed by atoms with Crippen molar-refractivity contribution in [1.82, 2.24) is 0 Å². The molecular weight excluding hydrogens is 184 g/mol. The minimum Gasteiger partial charge on any atom is -0.289 e. The standard InChI is InChI=1S/C14H10O/c15-14-12-6-2-1-4-10(12)8-9-11-5-3-7-13(11)14/h1-4,6-9H,5H2. The summed E-state index contributed by atoms with van der Waals surface area (Å²) >= 11 is 0. The third kappa shape index (κ3) is 1.20. The van der Waals surface area contributed by atoms with E-state index in [1.165, 1.54) is 0 Å². The highest BCUT2D eigenvalue weighted by Gasteiger charge is 2.08. The second-order valence-electron chi connectivity index (χ2n) is 3.80. The Balaban J connectivity index is 2.58. The third-order valence-corrected chi connectivity index (χ3v) is 2.88. The molecule has 1 heteroatoms. The van der Waals surface area contributed by atoms with Gasteiger partial charge in [0, 0.05) is 10.9 Å². The van der Waals surface area contributed by atoms with Crippen LogP contribution in [-0.4, -0.2) is 0 Å². The van der Waals surface area contributed by atoms with Crippen LogP contribution in [0.1, 0.15) is 11.1 Å². The average Bonchev–Trinajstić information content (AvgIpc) is 2.69. The molecule has 0 N–H and O–H groups in total. The smallest absolute Gasteiger partial charge is 0.193 e. The predicted octanol–water partition coefficient (Wildman–Crippen LogP) is 2.77. The van der Waals surface area contributed by atoms with Crippen LogP contribution in [0.4, 0.5) is 0 Å². The molecule has 0 aliphatic heterocycles. The molecule has 0 heterocycles. The highest BCUT2D eigenvalue weighted by molar-refractivity contribution is 5.84. The van der Waals surface area contributed by atoms with E-state index in [0.717, 1.165) is 28.3 Å². The Morgan fingerprint density at radius 2 is 1.87 bits per heavy atom. The van der Waals surface area contributed by atoms with Crippen LogP contribution in [0.2, 0.25) is 0 Å². The highest BCUT2D eigenvalue weighted by Crippen LogP contribution is 2.18. The van der Waals surface area contributed by atoms with Gasteiger partial charge in [0.2, 0.25) is 0 Å². The maximum atomic E-state index is 12.2. The minimum absolute atomic E-state index is 0.152. The highest BCUT2D eigenvalue weighted by atomic mass is 16.1. The van der Waals surface area contributed by atoms with Gasteiger partial charge < -0.3 is 0 Å². The molecule has 3 rings (SSSR count). The topological polar surface area (TPSA) is 17.1 Å². The van der Waals surface area contributed by atoms with E-state index in [4.69, 9.17) is 0 Å². The molecule has 1 nitrogen and oxygen atoms in total. The zero-order chi connectivity index (χ0) is 10.3. The molecule has 72 valence electrons. The van der Waals surface area contributed by atoms with Crippen LogP contribution in [0, 0.1) is 0 Å². The fourth-order valence-corrected chi connectivity index (χ4v) is 2.08. The third-order valence-electron chi connectivity index (χ3n) is 2.88. The molecule has 0 radical (unpaired) electrons. The van der Waals surface area contributed by atoms with Crippen molar-refractivity contribution < 1.29 is 0 Å². The molecule has 0 amide bonds. The lowest BCUT2D eigenvalue weighted by Crippen LogP contribution is -2.02. The number of hydrogen-bond acceptors (Lipinski definition) is 1. The first-order valence-electron chi connectivity index (χ1n) is 5.08. The van der Waals surface area contributed by atoms with E-state index in [-0.39, 0.29) is 5.43 Å². The normalized spacial score (nSPS) is 13.1. The molecule has 0 atom stereocenters. The van der Waals surface area contributed by atoms with E-state index in [9.17, 15) is 4.79 Å². The van der Waals surface area contributed by atoms with Gasteiger partial charge in [0.05, 0.1) is 0 Å². The van der Waals surface area contributed by atoms with Crippen LogP contribution in [0.25, 0.3) is 16.8 Å². The summed E-state index contributed by atoms with van der Waals surface area (Å²) in [6.45, 7) is 0. The van der Waals surface area contributed by atoms with Gasteiger partial charge in [0.15, 0.2) is 5.43 Å². The molecule has 0 unspecified atom stereocenters. The predicted molar refractivity (Wildman–Crippen MR) is 63.0 cm³/mol. The Morgan fingerprint density at radius 3 is 2.80 bits per heavy atom. The molecule has 0 spiro atoms. The molecule has 2 aromatic rings. The van der Waals surface area contributed by atoms with Gasteiger partial charge in [-0.2, -0.15) is 0 Å². The van der Waals surface area contributed by atoms with Gasteiger partial charge in [-0.25, -0.2) is 0 Å². The zero-order valence-electron chi connectivity index (χ0n) is 8.23. The summed E-state index contributed by atoms with van der Waals surface area (Å²) in [4.78, 5) is 12.2. The lowest BCUT2D eigenvalue weighted by molar-refractivity contribution is 1.32.